The Morgan fingerprint density at radius 3 is 2.30 bits per heavy atom. The molecule has 0 aliphatic rings. The summed E-state index contributed by atoms with van der Waals surface area (Å²) in [5.41, 5.74) is 4.71. The first-order valence-corrected chi connectivity index (χ1v) is 9.08. The Morgan fingerprint density at radius 1 is 0.778 bits per heavy atom. The average Bonchev–Trinajstić information content (AvgIpc) is 3.26. The van der Waals surface area contributed by atoms with Crippen molar-refractivity contribution in [2.24, 2.45) is 0 Å². The quantitative estimate of drug-likeness (QED) is 0.479. The minimum atomic E-state index is 0.549. The Kier molecular flexibility index (Phi) is 5.25. The third kappa shape index (κ3) is 4.42. The van der Waals surface area contributed by atoms with Gasteiger partial charge in [0, 0.05) is 18.3 Å². The van der Waals surface area contributed by atoms with E-state index in [0.717, 1.165) is 35.4 Å². The van der Waals surface area contributed by atoms with E-state index in [-0.39, 0.29) is 0 Å². The van der Waals surface area contributed by atoms with Crippen molar-refractivity contribution in [1.82, 2.24) is 15.0 Å². The standard InChI is InChI=1S/C23H21N3O/c1-2-6-21(7-3-1)22-8-4-5-9-23(22)27-18-20-12-10-19(11-13-20)14-16-26-17-15-24-25-26/h1-13,15,17H,14,16,18H2. The molecule has 0 fully saturated rings. The molecule has 4 nitrogen and oxygen atoms in total. The molecule has 27 heavy (non-hydrogen) atoms. The van der Waals surface area contributed by atoms with Crippen molar-refractivity contribution in [3.63, 3.8) is 0 Å². The Hall–Kier alpha value is -3.40. The van der Waals surface area contributed by atoms with Gasteiger partial charge in [0.05, 0.1) is 6.20 Å². The van der Waals surface area contributed by atoms with Crippen LogP contribution in [-0.4, -0.2) is 15.0 Å². The molecule has 0 N–H and O–H groups in total. The van der Waals surface area contributed by atoms with Gasteiger partial charge in [0.15, 0.2) is 0 Å². The van der Waals surface area contributed by atoms with Crippen molar-refractivity contribution < 1.29 is 4.74 Å². The highest BCUT2D eigenvalue weighted by Gasteiger charge is 2.06. The largest absolute Gasteiger partial charge is 0.488 e. The van der Waals surface area contributed by atoms with E-state index in [1.54, 1.807) is 6.20 Å². The number of aromatic nitrogens is 3. The molecule has 134 valence electrons. The zero-order valence-electron chi connectivity index (χ0n) is 15.0. The molecule has 0 atom stereocenters. The van der Waals surface area contributed by atoms with Gasteiger partial charge < -0.3 is 4.74 Å². The lowest BCUT2D eigenvalue weighted by molar-refractivity contribution is 0.307. The molecular formula is C23H21N3O. The second kappa shape index (κ2) is 8.32. The number of benzene rings is 3. The summed E-state index contributed by atoms with van der Waals surface area (Å²) in [6, 6.07) is 27.0. The maximum absolute atomic E-state index is 6.11. The molecule has 0 saturated heterocycles. The molecule has 0 radical (unpaired) electrons. The van der Waals surface area contributed by atoms with Gasteiger partial charge in [-0.15, -0.1) is 5.10 Å². The predicted molar refractivity (Wildman–Crippen MR) is 106 cm³/mol. The lowest BCUT2D eigenvalue weighted by Crippen LogP contribution is -2.02. The smallest absolute Gasteiger partial charge is 0.127 e. The van der Waals surface area contributed by atoms with Crippen molar-refractivity contribution in [2.75, 3.05) is 0 Å². The SMILES string of the molecule is c1ccc(-c2ccccc2OCc2ccc(CCn3ccnn3)cc2)cc1. The van der Waals surface area contributed by atoms with Crippen LogP contribution in [0.25, 0.3) is 11.1 Å². The highest BCUT2D eigenvalue weighted by atomic mass is 16.5. The summed E-state index contributed by atoms with van der Waals surface area (Å²) in [5.74, 6) is 0.902. The van der Waals surface area contributed by atoms with E-state index in [4.69, 9.17) is 4.74 Å². The molecule has 0 aliphatic carbocycles. The van der Waals surface area contributed by atoms with E-state index in [0.29, 0.717) is 6.61 Å². The summed E-state index contributed by atoms with van der Waals surface area (Å²) >= 11 is 0. The van der Waals surface area contributed by atoms with Crippen LogP contribution in [0, 0.1) is 0 Å². The molecule has 4 aromatic rings. The summed E-state index contributed by atoms with van der Waals surface area (Å²) in [5, 5.41) is 7.82. The van der Waals surface area contributed by atoms with Crippen molar-refractivity contribution in [3.8, 4) is 16.9 Å². The molecule has 0 spiro atoms. The van der Waals surface area contributed by atoms with Crippen molar-refractivity contribution in [2.45, 2.75) is 19.6 Å². The van der Waals surface area contributed by atoms with E-state index in [2.05, 4.69) is 52.8 Å². The van der Waals surface area contributed by atoms with Gasteiger partial charge in [0.25, 0.3) is 0 Å². The van der Waals surface area contributed by atoms with Crippen LogP contribution in [0.2, 0.25) is 0 Å². The minimum absolute atomic E-state index is 0.549. The maximum Gasteiger partial charge on any atom is 0.127 e. The summed E-state index contributed by atoms with van der Waals surface area (Å²) < 4.78 is 7.96. The van der Waals surface area contributed by atoms with Crippen LogP contribution in [0.4, 0.5) is 0 Å². The zero-order chi connectivity index (χ0) is 18.3. The third-order valence-corrected chi connectivity index (χ3v) is 4.49. The van der Waals surface area contributed by atoms with Crippen LogP contribution in [-0.2, 0) is 19.6 Å². The fourth-order valence-electron chi connectivity index (χ4n) is 3.01. The fourth-order valence-corrected chi connectivity index (χ4v) is 3.01. The van der Waals surface area contributed by atoms with Crippen LogP contribution >= 0.6 is 0 Å². The van der Waals surface area contributed by atoms with Crippen LogP contribution in [0.1, 0.15) is 11.1 Å². The molecule has 0 amide bonds. The van der Waals surface area contributed by atoms with E-state index in [1.807, 2.05) is 47.3 Å². The van der Waals surface area contributed by atoms with Crippen molar-refractivity contribution >= 4 is 0 Å². The van der Waals surface area contributed by atoms with E-state index < -0.39 is 0 Å². The van der Waals surface area contributed by atoms with Gasteiger partial charge in [-0.1, -0.05) is 78.0 Å². The molecule has 0 unspecified atom stereocenters. The lowest BCUT2D eigenvalue weighted by Gasteiger charge is -2.12. The second-order valence-corrected chi connectivity index (χ2v) is 6.38. The topological polar surface area (TPSA) is 39.9 Å². The van der Waals surface area contributed by atoms with Gasteiger partial charge >= 0.3 is 0 Å². The van der Waals surface area contributed by atoms with Gasteiger partial charge in [0.2, 0.25) is 0 Å². The summed E-state index contributed by atoms with van der Waals surface area (Å²) in [6.45, 7) is 1.38. The van der Waals surface area contributed by atoms with Gasteiger partial charge in [-0.05, 0) is 29.2 Å². The first-order chi connectivity index (χ1) is 13.4. The van der Waals surface area contributed by atoms with Crippen LogP contribution in [0.5, 0.6) is 5.75 Å². The summed E-state index contributed by atoms with van der Waals surface area (Å²) in [4.78, 5) is 0. The number of aryl methyl sites for hydroxylation is 2. The molecule has 0 saturated carbocycles. The molecule has 0 bridgehead atoms. The van der Waals surface area contributed by atoms with E-state index >= 15 is 0 Å². The number of hydrogen-bond donors (Lipinski definition) is 0. The monoisotopic (exact) mass is 355 g/mol. The van der Waals surface area contributed by atoms with Crippen LogP contribution < -0.4 is 4.74 Å². The van der Waals surface area contributed by atoms with E-state index in [9.17, 15) is 0 Å². The maximum atomic E-state index is 6.11. The van der Waals surface area contributed by atoms with Crippen molar-refractivity contribution in [1.29, 1.82) is 0 Å². The molecule has 1 heterocycles. The molecular weight excluding hydrogens is 334 g/mol. The predicted octanol–water partition coefficient (Wildman–Crippen LogP) is 4.77. The minimum Gasteiger partial charge on any atom is -0.488 e. The summed E-state index contributed by atoms with van der Waals surface area (Å²) in [6.07, 6.45) is 4.52. The zero-order valence-corrected chi connectivity index (χ0v) is 15.0. The summed E-state index contributed by atoms with van der Waals surface area (Å²) in [7, 11) is 0. The molecule has 4 heteroatoms. The average molecular weight is 355 g/mol. The number of ether oxygens (including phenoxy) is 1. The van der Waals surface area contributed by atoms with Gasteiger partial charge in [-0.25, -0.2) is 0 Å². The Balaban J connectivity index is 1.39. The van der Waals surface area contributed by atoms with Gasteiger partial charge in [0.1, 0.15) is 12.4 Å². The molecule has 4 rings (SSSR count). The van der Waals surface area contributed by atoms with Gasteiger partial charge in [-0.2, -0.15) is 0 Å². The Morgan fingerprint density at radius 2 is 1.52 bits per heavy atom. The molecule has 1 aromatic heterocycles. The molecule has 0 aliphatic heterocycles. The van der Waals surface area contributed by atoms with E-state index in [1.165, 1.54) is 5.56 Å². The first-order valence-electron chi connectivity index (χ1n) is 9.08. The number of hydrogen-bond acceptors (Lipinski definition) is 3. The third-order valence-electron chi connectivity index (χ3n) is 4.49. The number of para-hydroxylation sites is 1. The number of rotatable bonds is 7. The normalized spacial score (nSPS) is 10.7. The van der Waals surface area contributed by atoms with Crippen LogP contribution in [0.3, 0.4) is 0 Å². The first kappa shape index (κ1) is 17.0. The van der Waals surface area contributed by atoms with Crippen molar-refractivity contribution in [3.05, 3.63) is 102 Å². The van der Waals surface area contributed by atoms with Gasteiger partial charge in [-0.3, -0.25) is 4.68 Å². The lowest BCUT2D eigenvalue weighted by atomic mass is 10.0. The second-order valence-electron chi connectivity index (χ2n) is 6.38. The Labute approximate surface area is 159 Å². The number of nitrogens with zero attached hydrogens (tertiary/aromatic N) is 3. The highest BCUT2D eigenvalue weighted by molar-refractivity contribution is 5.70. The highest BCUT2D eigenvalue weighted by Crippen LogP contribution is 2.30. The molecule has 3 aromatic carbocycles. The fraction of sp³-hybridized carbons (Fsp3) is 0.130. The Bertz CT molecular complexity index is 964. The van der Waals surface area contributed by atoms with Crippen LogP contribution in [0.15, 0.2) is 91.3 Å².